The van der Waals surface area contributed by atoms with Gasteiger partial charge in [-0.3, -0.25) is 4.79 Å². The Balaban J connectivity index is 2.45. The van der Waals surface area contributed by atoms with Crippen LogP contribution < -0.4 is 0 Å². The fourth-order valence-electron chi connectivity index (χ4n) is 0.504. The number of hydrogen-bond acceptors (Lipinski definition) is 3. The van der Waals surface area contributed by atoms with E-state index in [1.807, 2.05) is 11.4 Å². The minimum absolute atomic E-state index is 0.132. The molecule has 0 spiro atoms. The Kier molecular flexibility index (Phi) is 3.42. The Morgan fingerprint density at radius 1 is 1.82 bits per heavy atom. The third-order valence-corrected chi connectivity index (χ3v) is 3.80. The predicted octanol–water partition coefficient (Wildman–Crippen LogP) is 2.69. The van der Waals surface area contributed by atoms with Gasteiger partial charge in [0.05, 0.1) is 9.96 Å². The van der Waals surface area contributed by atoms with E-state index in [0.717, 1.165) is 8.68 Å². The molecule has 1 aromatic rings. The number of hydrogen-bond donors (Lipinski definition) is 1. The summed E-state index contributed by atoms with van der Waals surface area (Å²) < 4.78 is 2.04. The molecule has 5 heteroatoms. The van der Waals surface area contributed by atoms with E-state index in [1.54, 1.807) is 11.3 Å². The standard InChI is InChI=1S/C6H5BrO2S2/c7-4-1-6(10-2-4)11-3-5(8)9/h1-2H,3H2,(H,8,9). The number of thiophene rings is 1. The molecule has 1 aromatic heterocycles. The molecule has 0 atom stereocenters. The molecular weight excluding hydrogens is 248 g/mol. The first-order valence-corrected chi connectivity index (χ1v) is 5.43. The van der Waals surface area contributed by atoms with Gasteiger partial charge in [-0.2, -0.15) is 0 Å². The highest BCUT2D eigenvalue weighted by atomic mass is 79.9. The molecule has 0 saturated carbocycles. The van der Waals surface area contributed by atoms with Gasteiger partial charge in [0.2, 0.25) is 0 Å². The second-order valence-corrected chi connectivity index (χ2v) is 4.87. The van der Waals surface area contributed by atoms with Crippen LogP contribution in [0.4, 0.5) is 0 Å². The lowest BCUT2D eigenvalue weighted by Crippen LogP contribution is -1.96. The number of rotatable bonds is 3. The monoisotopic (exact) mass is 252 g/mol. The van der Waals surface area contributed by atoms with Crippen LogP contribution in [0.15, 0.2) is 20.1 Å². The fourth-order valence-corrected chi connectivity index (χ4v) is 2.88. The molecule has 1 rings (SSSR count). The van der Waals surface area contributed by atoms with Crippen LogP contribution in [0.3, 0.4) is 0 Å². The van der Waals surface area contributed by atoms with Crippen LogP contribution in [0.25, 0.3) is 0 Å². The molecule has 60 valence electrons. The zero-order chi connectivity index (χ0) is 8.27. The average Bonchev–Trinajstić information content (AvgIpc) is 2.31. The molecule has 11 heavy (non-hydrogen) atoms. The van der Waals surface area contributed by atoms with Gasteiger partial charge < -0.3 is 5.11 Å². The molecule has 0 fully saturated rings. The molecule has 0 saturated heterocycles. The van der Waals surface area contributed by atoms with Gasteiger partial charge in [-0.05, 0) is 22.0 Å². The summed E-state index contributed by atoms with van der Waals surface area (Å²) >= 11 is 6.17. The quantitative estimate of drug-likeness (QED) is 0.841. The number of thioether (sulfide) groups is 1. The van der Waals surface area contributed by atoms with Crippen molar-refractivity contribution in [3.63, 3.8) is 0 Å². The molecule has 0 aliphatic carbocycles. The van der Waals surface area contributed by atoms with Gasteiger partial charge >= 0.3 is 5.97 Å². The summed E-state index contributed by atoms with van der Waals surface area (Å²) in [6, 6.07) is 1.91. The van der Waals surface area contributed by atoms with E-state index in [-0.39, 0.29) is 5.75 Å². The van der Waals surface area contributed by atoms with Crippen LogP contribution in [0.5, 0.6) is 0 Å². The zero-order valence-corrected chi connectivity index (χ0v) is 8.63. The topological polar surface area (TPSA) is 37.3 Å². The molecule has 0 bridgehead atoms. The normalized spacial score (nSPS) is 9.91. The van der Waals surface area contributed by atoms with E-state index < -0.39 is 5.97 Å². The summed E-state index contributed by atoms with van der Waals surface area (Å²) in [7, 11) is 0. The highest BCUT2D eigenvalue weighted by Crippen LogP contribution is 2.28. The van der Waals surface area contributed by atoms with Crippen LogP contribution in [-0.4, -0.2) is 16.8 Å². The van der Waals surface area contributed by atoms with Crippen molar-refractivity contribution in [2.24, 2.45) is 0 Å². The van der Waals surface area contributed by atoms with Crippen molar-refractivity contribution in [1.82, 2.24) is 0 Å². The molecule has 0 aliphatic heterocycles. The second-order valence-electron chi connectivity index (χ2n) is 1.77. The van der Waals surface area contributed by atoms with Crippen LogP contribution in [0, 0.1) is 0 Å². The van der Waals surface area contributed by atoms with Gasteiger partial charge in [0.1, 0.15) is 0 Å². The van der Waals surface area contributed by atoms with Crippen molar-refractivity contribution < 1.29 is 9.90 Å². The Hall–Kier alpha value is -0.0000000000000000833. The van der Waals surface area contributed by atoms with Gasteiger partial charge in [0, 0.05) is 9.85 Å². The first-order chi connectivity index (χ1) is 5.18. The number of carboxylic acid groups (broad SMARTS) is 1. The number of carbonyl (C=O) groups is 1. The van der Waals surface area contributed by atoms with Gasteiger partial charge in [-0.1, -0.05) is 0 Å². The van der Waals surface area contributed by atoms with E-state index in [1.165, 1.54) is 11.8 Å². The largest absolute Gasteiger partial charge is 0.481 e. The first-order valence-electron chi connectivity index (χ1n) is 2.77. The molecular formula is C6H5BrO2S2. The average molecular weight is 253 g/mol. The molecule has 0 unspecified atom stereocenters. The molecule has 0 amide bonds. The number of carboxylic acids is 1. The van der Waals surface area contributed by atoms with Crippen molar-refractivity contribution in [3.05, 3.63) is 15.9 Å². The summed E-state index contributed by atoms with van der Waals surface area (Å²) in [5, 5.41) is 10.3. The Morgan fingerprint density at radius 2 is 2.55 bits per heavy atom. The molecule has 0 aromatic carbocycles. The van der Waals surface area contributed by atoms with E-state index in [9.17, 15) is 4.79 Å². The molecule has 2 nitrogen and oxygen atoms in total. The van der Waals surface area contributed by atoms with Crippen molar-refractivity contribution in [1.29, 1.82) is 0 Å². The molecule has 1 heterocycles. The van der Waals surface area contributed by atoms with Crippen LogP contribution in [0.1, 0.15) is 0 Å². The van der Waals surface area contributed by atoms with Crippen molar-refractivity contribution in [3.8, 4) is 0 Å². The highest BCUT2D eigenvalue weighted by molar-refractivity contribution is 9.10. The maximum atomic E-state index is 10.2. The Labute approximate surface area is 80.7 Å². The van der Waals surface area contributed by atoms with Crippen molar-refractivity contribution in [2.45, 2.75) is 4.21 Å². The van der Waals surface area contributed by atoms with Crippen LogP contribution in [-0.2, 0) is 4.79 Å². The SMILES string of the molecule is O=C(O)CSc1cc(Br)cs1. The maximum Gasteiger partial charge on any atom is 0.313 e. The van der Waals surface area contributed by atoms with E-state index in [4.69, 9.17) is 5.11 Å². The molecule has 0 aliphatic rings. The number of halogens is 1. The predicted molar refractivity (Wildman–Crippen MR) is 50.4 cm³/mol. The molecule has 0 radical (unpaired) electrons. The summed E-state index contributed by atoms with van der Waals surface area (Å²) in [5.74, 6) is -0.646. The van der Waals surface area contributed by atoms with Crippen LogP contribution in [0.2, 0.25) is 0 Å². The summed E-state index contributed by atoms with van der Waals surface area (Å²) in [4.78, 5) is 10.2. The van der Waals surface area contributed by atoms with Crippen molar-refractivity contribution >= 4 is 45.0 Å². The minimum atomic E-state index is -0.778. The third kappa shape index (κ3) is 3.27. The molecule has 1 N–H and O–H groups in total. The van der Waals surface area contributed by atoms with Gasteiger partial charge in [-0.25, -0.2) is 0 Å². The lowest BCUT2D eigenvalue weighted by atomic mass is 10.7. The summed E-state index contributed by atoms with van der Waals surface area (Å²) in [5.41, 5.74) is 0. The van der Waals surface area contributed by atoms with Crippen LogP contribution >= 0.6 is 39.0 Å². The van der Waals surface area contributed by atoms with E-state index in [2.05, 4.69) is 15.9 Å². The van der Waals surface area contributed by atoms with Gasteiger partial charge in [0.15, 0.2) is 0 Å². The smallest absolute Gasteiger partial charge is 0.313 e. The first kappa shape index (κ1) is 9.09. The fraction of sp³-hybridized carbons (Fsp3) is 0.167. The van der Waals surface area contributed by atoms with E-state index in [0.29, 0.717) is 0 Å². The lowest BCUT2D eigenvalue weighted by molar-refractivity contribution is -0.133. The van der Waals surface area contributed by atoms with E-state index >= 15 is 0 Å². The number of aliphatic carboxylic acids is 1. The maximum absolute atomic E-state index is 10.2. The minimum Gasteiger partial charge on any atom is -0.481 e. The third-order valence-electron chi connectivity index (χ3n) is 0.881. The highest BCUT2D eigenvalue weighted by Gasteiger charge is 2.01. The Morgan fingerprint density at radius 3 is 3.00 bits per heavy atom. The Bertz CT molecular complexity index is 259. The summed E-state index contributed by atoms with van der Waals surface area (Å²) in [6.45, 7) is 0. The lowest BCUT2D eigenvalue weighted by Gasteiger charge is -1.89. The van der Waals surface area contributed by atoms with Crippen molar-refractivity contribution in [2.75, 3.05) is 5.75 Å². The summed E-state index contributed by atoms with van der Waals surface area (Å²) in [6.07, 6.45) is 0. The van der Waals surface area contributed by atoms with Gasteiger partial charge in [0.25, 0.3) is 0 Å². The zero-order valence-electron chi connectivity index (χ0n) is 5.41. The van der Waals surface area contributed by atoms with Gasteiger partial charge in [-0.15, -0.1) is 23.1 Å². The second kappa shape index (κ2) is 4.13.